The van der Waals surface area contributed by atoms with E-state index in [2.05, 4.69) is 5.32 Å². The Balaban J connectivity index is 1.77. The van der Waals surface area contributed by atoms with Crippen molar-refractivity contribution in [2.45, 2.75) is 31.7 Å². The van der Waals surface area contributed by atoms with E-state index in [4.69, 9.17) is 4.74 Å². The highest BCUT2D eigenvalue weighted by Crippen LogP contribution is 2.16. The number of nitrogens with one attached hydrogen (secondary N) is 1. The zero-order chi connectivity index (χ0) is 11.4. The Kier molecular flexibility index (Phi) is 4.18. The number of hydrogen-bond donors (Lipinski definition) is 1. The van der Waals surface area contributed by atoms with Crippen molar-refractivity contribution in [2.75, 3.05) is 33.4 Å². The first-order valence-corrected chi connectivity index (χ1v) is 6.33. The minimum atomic E-state index is 0.0739. The van der Waals surface area contributed by atoms with Gasteiger partial charge in [0.15, 0.2) is 0 Å². The van der Waals surface area contributed by atoms with Crippen LogP contribution in [0.5, 0.6) is 0 Å². The molecule has 2 rings (SSSR count). The molecule has 4 heteroatoms. The molecule has 0 saturated carbocycles. The molecule has 1 amide bonds. The summed E-state index contributed by atoms with van der Waals surface area (Å²) in [6, 6.07) is 0.0739. The fourth-order valence-corrected chi connectivity index (χ4v) is 2.57. The lowest BCUT2D eigenvalue weighted by molar-refractivity contribution is -0.132. The summed E-state index contributed by atoms with van der Waals surface area (Å²) in [4.78, 5) is 14.0. The van der Waals surface area contributed by atoms with Gasteiger partial charge in [-0.1, -0.05) is 0 Å². The van der Waals surface area contributed by atoms with Crippen LogP contribution in [0.1, 0.15) is 25.7 Å². The number of carbonyl (C=O) groups excluding carboxylic acids is 1. The third-order valence-corrected chi connectivity index (χ3v) is 3.61. The molecule has 0 aliphatic carbocycles. The first kappa shape index (κ1) is 11.9. The third kappa shape index (κ3) is 2.95. The minimum absolute atomic E-state index is 0.0739. The van der Waals surface area contributed by atoms with Crippen LogP contribution in [0.4, 0.5) is 0 Å². The highest BCUT2D eigenvalue weighted by molar-refractivity contribution is 5.81. The molecule has 2 heterocycles. The van der Waals surface area contributed by atoms with Crippen molar-refractivity contribution in [3.8, 4) is 0 Å². The average molecular weight is 226 g/mol. The Bertz CT molecular complexity index is 233. The van der Waals surface area contributed by atoms with Crippen LogP contribution in [0.15, 0.2) is 0 Å². The smallest absolute Gasteiger partial charge is 0.239 e. The van der Waals surface area contributed by atoms with Gasteiger partial charge in [-0.2, -0.15) is 0 Å². The second kappa shape index (κ2) is 5.64. The Morgan fingerprint density at radius 2 is 2.12 bits per heavy atom. The molecule has 2 saturated heterocycles. The standard InChI is InChI=1S/C12H22N2O2/c1-14(9-10-4-7-16-8-5-10)12(15)11-3-2-6-13-11/h10-11,13H,2-9H2,1H3. The third-order valence-electron chi connectivity index (χ3n) is 3.61. The molecule has 92 valence electrons. The maximum atomic E-state index is 12.1. The molecule has 2 aliphatic heterocycles. The number of hydrogen-bond acceptors (Lipinski definition) is 3. The molecule has 2 fully saturated rings. The summed E-state index contributed by atoms with van der Waals surface area (Å²) in [5.74, 6) is 0.896. The van der Waals surface area contributed by atoms with E-state index in [1.165, 1.54) is 0 Å². The molecule has 0 radical (unpaired) electrons. The number of ether oxygens (including phenoxy) is 1. The highest BCUT2D eigenvalue weighted by Gasteiger charge is 2.26. The Morgan fingerprint density at radius 1 is 1.38 bits per heavy atom. The summed E-state index contributed by atoms with van der Waals surface area (Å²) in [6.07, 6.45) is 4.31. The number of likely N-dealkylation sites (N-methyl/N-ethyl adjacent to an activating group) is 1. The van der Waals surface area contributed by atoms with Crippen molar-refractivity contribution in [3.05, 3.63) is 0 Å². The van der Waals surface area contributed by atoms with Crippen LogP contribution >= 0.6 is 0 Å². The summed E-state index contributed by atoms with van der Waals surface area (Å²) in [7, 11) is 1.93. The molecule has 1 unspecified atom stereocenters. The largest absolute Gasteiger partial charge is 0.381 e. The summed E-state index contributed by atoms with van der Waals surface area (Å²) < 4.78 is 5.33. The second-order valence-corrected chi connectivity index (χ2v) is 4.92. The molecule has 0 aromatic rings. The van der Waals surface area contributed by atoms with E-state index in [1.807, 2.05) is 11.9 Å². The van der Waals surface area contributed by atoms with E-state index < -0.39 is 0 Å². The molecule has 1 N–H and O–H groups in total. The fraction of sp³-hybridized carbons (Fsp3) is 0.917. The molecule has 1 atom stereocenters. The monoisotopic (exact) mass is 226 g/mol. The molecular weight excluding hydrogens is 204 g/mol. The lowest BCUT2D eigenvalue weighted by atomic mass is 9.99. The first-order chi connectivity index (χ1) is 7.77. The van der Waals surface area contributed by atoms with Crippen LogP contribution in [-0.4, -0.2) is 50.2 Å². The van der Waals surface area contributed by atoms with Gasteiger partial charge in [-0.05, 0) is 38.1 Å². The number of nitrogens with zero attached hydrogens (tertiary/aromatic N) is 1. The highest BCUT2D eigenvalue weighted by atomic mass is 16.5. The molecule has 16 heavy (non-hydrogen) atoms. The van der Waals surface area contributed by atoms with E-state index in [1.54, 1.807) is 0 Å². The van der Waals surface area contributed by atoms with E-state index in [0.29, 0.717) is 5.92 Å². The quantitative estimate of drug-likeness (QED) is 0.767. The Labute approximate surface area is 97.3 Å². The lowest BCUT2D eigenvalue weighted by Crippen LogP contribution is -2.44. The maximum absolute atomic E-state index is 12.1. The van der Waals surface area contributed by atoms with Crippen LogP contribution in [0.3, 0.4) is 0 Å². The van der Waals surface area contributed by atoms with Crippen molar-refractivity contribution < 1.29 is 9.53 Å². The average Bonchev–Trinajstić information content (AvgIpc) is 2.83. The van der Waals surface area contributed by atoms with Gasteiger partial charge in [0.05, 0.1) is 6.04 Å². The Morgan fingerprint density at radius 3 is 2.75 bits per heavy atom. The van der Waals surface area contributed by atoms with Crippen molar-refractivity contribution in [1.82, 2.24) is 10.2 Å². The predicted octanol–water partition coefficient (Wildman–Crippen LogP) is 0.623. The molecule has 4 nitrogen and oxygen atoms in total. The molecule has 0 bridgehead atoms. The van der Waals surface area contributed by atoms with E-state index in [-0.39, 0.29) is 11.9 Å². The second-order valence-electron chi connectivity index (χ2n) is 4.92. The van der Waals surface area contributed by atoms with Gasteiger partial charge in [0.25, 0.3) is 0 Å². The summed E-state index contributed by atoms with van der Waals surface area (Å²) in [5, 5.41) is 3.26. The van der Waals surface area contributed by atoms with Crippen LogP contribution in [0.25, 0.3) is 0 Å². The van der Waals surface area contributed by atoms with E-state index >= 15 is 0 Å². The van der Waals surface area contributed by atoms with Gasteiger partial charge < -0.3 is 15.0 Å². The maximum Gasteiger partial charge on any atom is 0.239 e. The summed E-state index contributed by atoms with van der Waals surface area (Å²) in [6.45, 7) is 3.59. The molecule has 0 aromatic heterocycles. The molecule has 0 aromatic carbocycles. The number of carbonyl (C=O) groups is 1. The molecular formula is C12H22N2O2. The van der Waals surface area contributed by atoms with Gasteiger partial charge >= 0.3 is 0 Å². The zero-order valence-corrected chi connectivity index (χ0v) is 10.1. The predicted molar refractivity (Wildman–Crippen MR) is 62.2 cm³/mol. The molecule has 2 aliphatic rings. The summed E-state index contributed by atoms with van der Waals surface area (Å²) >= 11 is 0. The first-order valence-electron chi connectivity index (χ1n) is 6.33. The van der Waals surface area contributed by atoms with Crippen LogP contribution in [-0.2, 0) is 9.53 Å². The summed E-state index contributed by atoms with van der Waals surface area (Å²) in [5.41, 5.74) is 0. The molecule has 0 spiro atoms. The van der Waals surface area contributed by atoms with Crippen LogP contribution in [0.2, 0.25) is 0 Å². The SMILES string of the molecule is CN(CC1CCOCC1)C(=O)C1CCCN1. The fourth-order valence-electron chi connectivity index (χ4n) is 2.57. The van der Waals surface area contributed by atoms with Gasteiger partial charge in [0.1, 0.15) is 0 Å². The number of amides is 1. The zero-order valence-electron chi connectivity index (χ0n) is 10.1. The van der Waals surface area contributed by atoms with Crippen LogP contribution < -0.4 is 5.32 Å². The van der Waals surface area contributed by atoms with E-state index in [9.17, 15) is 4.79 Å². The normalized spacial score (nSPS) is 26.9. The van der Waals surface area contributed by atoms with Gasteiger partial charge in [-0.15, -0.1) is 0 Å². The minimum Gasteiger partial charge on any atom is -0.381 e. The van der Waals surface area contributed by atoms with Gasteiger partial charge in [0.2, 0.25) is 5.91 Å². The van der Waals surface area contributed by atoms with Crippen molar-refractivity contribution in [1.29, 1.82) is 0 Å². The van der Waals surface area contributed by atoms with Gasteiger partial charge in [-0.3, -0.25) is 4.79 Å². The topological polar surface area (TPSA) is 41.6 Å². The van der Waals surface area contributed by atoms with E-state index in [0.717, 1.165) is 52.0 Å². The van der Waals surface area contributed by atoms with Gasteiger partial charge in [-0.25, -0.2) is 0 Å². The van der Waals surface area contributed by atoms with Crippen molar-refractivity contribution in [3.63, 3.8) is 0 Å². The number of rotatable bonds is 3. The van der Waals surface area contributed by atoms with Gasteiger partial charge in [0, 0.05) is 26.8 Å². The van der Waals surface area contributed by atoms with Crippen LogP contribution in [0, 0.1) is 5.92 Å². The Hall–Kier alpha value is -0.610. The van der Waals surface area contributed by atoms with Crippen molar-refractivity contribution >= 4 is 5.91 Å². The lowest BCUT2D eigenvalue weighted by Gasteiger charge is -2.28. The van der Waals surface area contributed by atoms with Crippen molar-refractivity contribution in [2.24, 2.45) is 5.92 Å².